The topological polar surface area (TPSA) is 21.3 Å². The average molecular weight is 793 g/mol. The Labute approximate surface area is 363 Å². The summed E-state index contributed by atoms with van der Waals surface area (Å²) in [7, 11) is 0. The summed E-state index contributed by atoms with van der Waals surface area (Å²) in [5, 5.41) is 6.29. The van der Waals surface area contributed by atoms with Crippen LogP contribution in [0.2, 0.25) is 0 Å². The molecule has 14 rings (SSSR count). The highest BCUT2D eigenvalue weighted by Crippen LogP contribution is 2.64. The lowest BCUT2D eigenvalue weighted by Crippen LogP contribution is -2.31. The molecule has 3 heteroatoms. The molecule has 3 nitrogen and oxygen atoms in total. The Kier molecular flexibility index (Phi) is 6.02. The van der Waals surface area contributed by atoms with Crippen molar-refractivity contribution in [2.24, 2.45) is 0 Å². The molecule has 0 amide bonds. The Morgan fingerprint density at radius 1 is 0.452 bits per heavy atom. The fourth-order valence-electron chi connectivity index (χ4n) is 11.2. The van der Waals surface area contributed by atoms with Crippen molar-refractivity contribution in [2.45, 2.75) is 5.41 Å². The van der Waals surface area contributed by atoms with Crippen LogP contribution in [0.15, 0.2) is 223 Å². The highest BCUT2D eigenvalue weighted by molar-refractivity contribution is 6.16. The van der Waals surface area contributed by atoms with Crippen LogP contribution in [-0.2, 0) is 5.41 Å². The van der Waals surface area contributed by atoms with Crippen molar-refractivity contribution >= 4 is 71.6 Å². The van der Waals surface area contributed by atoms with Gasteiger partial charge < -0.3 is 13.9 Å². The van der Waals surface area contributed by atoms with Crippen LogP contribution in [0.3, 0.4) is 0 Å². The molecule has 0 radical (unpaired) electrons. The minimum absolute atomic E-state index is 0.0380. The average Bonchev–Trinajstić information content (AvgIpc) is 4.02. The molecule has 0 fully saturated rings. The van der Waals surface area contributed by atoms with Crippen LogP contribution in [0.4, 0.5) is 17.1 Å². The number of rotatable bonds is 4. The summed E-state index contributed by atoms with van der Waals surface area (Å²) >= 11 is 0. The van der Waals surface area contributed by atoms with Crippen LogP contribution >= 0.6 is 0 Å². The van der Waals surface area contributed by atoms with E-state index in [-0.39, 0.29) is 24.2 Å². The Morgan fingerprint density at radius 2 is 1.13 bits per heavy atom. The maximum absolute atomic E-state index is 9.97. The molecule has 62 heavy (non-hydrogen) atoms. The zero-order valence-corrected chi connectivity index (χ0v) is 33.3. The number of hydrogen-bond acceptors (Lipinski definition) is 2. The van der Waals surface area contributed by atoms with E-state index >= 15 is 0 Å². The number of furan rings is 1. The van der Waals surface area contributed by atoms with Gasteiger partial charge in [0.1, 0.15) is 11.2 Å². The minimum atomic E-state index is -1.09. The maximum atomic E-state index is 9.97. The van der Waals surface area contributed by atoms with Crippen molar-refractivity contribution in [3.63, 3.8) is 0 Å². The Hall–Kier alpha value is -8.14. The Bertz CT molecular complexity index is 4070. The second kappa shape index (κ2) is 12.4. The molecule has 0 bridgehead atoms. The zero-order valence-electron chi connectivity index (χ0n) is 37.3. The molecule has 12 aromatic rings. The first-order chi connectivity index (χ1) is 32.4. The summed E-state index contributed by atoms with van der Waals surface area (Å²) in [5.74, 6) is 0. The number of hydrogen-bond donors (Lipinski definition) is 0. The van der Waals surface area contributed by atoms with Gasteiger partial charge in [0.15, 0.2) is 0 Å². The van der Waals surface area contributed by atoms with Crippen LogP contribution in [0.25, 0.3) is 82.5 Å². The SMILES string of the molecule is [2H]c1c([2H])c([2H])c2c(c1[2H])-c1c(N(c3ccc4c(c3)c3ccccc3n4-c3ccccc3)c3cccc4oc5ccccc5c34)cccc1C21c2ccccc2-c2cccc3cccc1c23. The maximum Gasteiger partial charge on any atom is 0.137 e. The normalized spacial score (nSPS) is 15.7. The molecule has 0 saturated carbocycles. The van der Waals surface area contributed by atoms with Gasteiger partial charge in [-0.2, -0.15) is 0 Å². The van der Waals surface area contributed by atoms with Gasteiger partial charge >= 0.3 is 0 Å². The highest BCUT2D eigenvalue weighted by Gasteiger charge is 2.51. The summed E-state index contributed by atoms with van der Waals surface area (Å²) in [6.07, 6.45) is 0. The quantitative estimate of drug-likeness (QED) is 0.177. The van der Waals surface area contributed by atoms with E-state index in [2.05, 4.69) is 167 Å². The highest BCUT2D eigenvalue weighted by atomic mass is 16.3. The first kappa shape index (κ1) is 30.0. The molecule has 1 spiro atoms. The largest absolute Gasteiger partial charge is 0.456 e. The first-order valence-corrected chi connectivity index (χ1v) is 21.1. The van der Waals surface area contributed by atoms with Crippen molar-refractivity contribution < 1.29 is 9.90 Å². The second-order valence-electron chi connectivity index (χ2n) is 16.4. The van der Waals surface area contributed by atoms with Gasteiger partial charge in [0.25, 0.3) is 0 Å². The third-order valence-electron chi connectivity index (χ3n) is 13.5. The molecular formula is C59H36N2O. The fraction of sp³-hybridized carbons (Fsp3) is 0.0169. The summed E-state index contributed by atoms with van der Waals surface area (Å²) in [5.41, 5.74) is 13.2. The summed E-state index contributed by atoms with van der Waals surface area (Å²) < 4.78 is 47.4. The second-order valence-corrected chi connectivity index (χ2v) is 16.4. The van der Waals surface area contributed by atoms with E-state index in [9.17, 15) is 5.48 Å². The van der Waals surface area contributed by atoms with Crippen LogP contribution in [0.1, 0.15) is 27.7 Å². The lowest BCUT2D eigenvalue weighted by molar-refractivity contribution is 0.669. The number of nitrogens with zero attached hydrogens (tertiary/aromatic N) is 2. The van der Waals surface area contributed by atoms with E-state index < -0.39 is 5.41 Å². The van der Waals surface area contributed by atoms with Gasteiger partial charge in [-0.15, -0.1) is 0 Å². The van der Waals surface area contributed by atoms with Crippen molar-refractivity contribution in [1.82, 2.24) is 4.57 Å². The monoisotopic (exact) mass is 792 g/mol. The van der Waals surface area contributed by atoms with Crippen molar-refractivity contribution in [3.05, 3.63) is 241 Å². The van der Waals surface area contributed by atoms with Crippen LogP contribution in [0.5, 0.6) is 0 Å². The third-order valence-corrected chi connectivity index (χ3v) is 13.5. The van der Waals surface area contributed by atoms with E-state index in [4.69, 9.17) is 4.42 Å². The van der Waals surface area contributed by atoms with Gasteiger partial charge in [-0.05, 0) is 110 Å². The van der Waals surface area contributed by atoms with Gasteiger partial charge in [0, 0.05) is 33.1 Å². The summed E-state index contributed by atoms with van der Waals surface area (Å²) in [6, 6.07) is 67.0. The van der Waals surface area contributed by atoms with E-state index in [1.165, 1.54) is 0 Å². The van der Waals surface area contributed by atoms with Crippen molar-refractivity contribution in [3.8, 4) is 27.9 Å². The number of para-hydroxylation sites is 3. The number of benzene rings is 10. The first-order valence-electron chi connectivity index (χ1n) is 23.1. The predicted octanol–water partition coefficient (Wildman–Crippen LogP) is 15.6. The molecular weight excluding hydrogens is 753 g/mol. The smallest absolute Gasteiger partial charge is 0.137 e. The molecule has 1 atom stereocenters. The predicted molar refractivity (Wildman–Crippen MR) is 257 cm³/mol. The van der Waals surface area contributed by atoms with Gasteiger partial charge in [-0.3, -0.25) is 0 Å². The lowest BCUT2D eigenvalue weighted by Gasteiger charge is -2.40. The van der Waals surface area contributed by atoms with Gasteiger partial charge in [0.05, 0.1) is 38.7 Å². The van der Waals surface area contributed by atoms with Gasteiger partial charge in [-0.1, -0.05) is 158 Å². The number of aromatic nitrogens is 1. The molecule has 0 saturated heterocycles. The molecule has 2 aromatic heterocycles. The lowest BCUT2D eigenvalue weighted by atomic mass is 9.61. The Balaban J connectivity index is 1.15. The standard InChI is InChI=1S/C59H36N2O/c1-2-18-38(19-3-1)60-50-29-10-6-21-41(50)45-36-39(34-35-51(45)60)61(53-31-15-33-55-58(53)44-23-7-11-32-54(44)62-55)52-30-14-28-49-57(52)43-22-5-9-26-47(43)59(49)46-25-8-4-20-40(46)42-24-12-16-37-17-13-27-48(59)56(37)42/h1-36H/i5D,9D,22D,26D. The van der Waals surface area contributed by atoms with Crippen LogP contribution in [0, 0.1) is 0 Å². The number of anilines is 3. The van der Waals surface area contributed by atoms with E-state index in [1.54, 1.807) is 0 Å². The molecule has 1 unspecified atom stereocenters. The van der Waals surface area contributed by atoms with E-state index in [0.29, 0.717) is 11.1 Å². The Morgan fingerprint density at radius 3 is 2.06 bits per heavy atom. The summed E-state index contributed by atoms with van der Waals surface area (Å²) in [6.45, 7) is 0. The molecule has 288 valence electrons. The third kappa shape index (κ3) is 4.29. The van der Waals surface area contributed by atoms with Crippen molar-refractivity contribution in [2.75, 3.05) is 4.90 Å². The number of fused-ring (bicyclic) bond motifs is 15. The van der Waals surface area contributed by atoms with E-state index in [1.807, 2.05) is 36.4 Å². The van der Waals surface area contributed by atoms with Crippen LogP contribution < -0.4 is 4.90 Å². The van der Waals surface area contributed by atoms with Crippen LogP contribution in [-0.4, -0.2) is 4.57 Å². The minimum Gasteiger partial charge on any atom is -0.456 e. The fourth-order valence-corrected chi connectivity index (χ4v) is 11.2. The molecule has 2 aliphatic rings. The van der Waals surface area contributed by atoms with E-state index in [0.717, 1.165) is 111 Å². The molecule has 2 heterocycles. The van der Waals surface area contributed by atoms with Gasteiger partial charge in [-0.25, -0.2) is 0 Å². The molecule has 0 N–H and O–H groups in total. The molecule has 2 aliphatic carbocycles. The van der Waals surface area contributed by atoms with Crippen molar-refractivity contribution in [1.29, 1.82) is 0 Å². The summed E-state index contributed by atoms with van der Waals surface area (Å²) in [4.78, 5) is 2.30. The van der Waals surface area contributed by atoms with Gasteiger partial charge in [0.2, 0.25) is 0 Å². The zero-order chi connectivity index (χ0) is 44.0. The molecule has 0 aliphatic heterocycles. The molecule has 10 aromatic carbocycles.